The Hall–Kier alpha value is -2.74. The number of nitrogens with zero attached hydrogens (tertiary/aromatic N) is 3. The predicted octanol–water partition coefficient (Wildman–Crippen LogP) is 3.12. The summed E-state index contributed by atoms with van der Waals surface area (Å²) in [6.45, 7) is 1.35. The maximum Gasteiger partial charge on any atom is 0.269 e. The molecule has 0 saturated heterocycles. The molecule has 0 aliphatic rings. The monoisotopic (exact) mass is 315 g/mol. The lowest BCUT2D eigenvalue weighted by atomic mass is 10.3. The van der Waals surface area contributed by atoms with Crippen LogP contribution in [0.2, 0.25) is 0 Å². The Labute approximate surface area is 130 Å². The third kappa shape index (κ3) is 3.12. The quantitative estimate of drug-likeness (QED) is 0.412. The van der Waals surface area contributed by atoms with Gasteiger partial charge >= 0.3 is 0 Å². The summed E-state index contributed by atoms with van der Waals surface area (Å²) in [5.74, 6) is 0.816. The van der Waals surface area contributed by atoms with Crippen LogP contribution in [0, 0.1) is 10.1 Å². The molecule has 112 valence electrons. The van der Waals surface area contributed by atoms with Gasteiger partial charge in [-0.3, -0.25) is 10.1 Å². The number of anilines is 2. The van der Waals surface area contributed by atoms with Gasteiger partial charge in [0.1, 0.15) is 17.0 Å². The zero-order valence-corrected chi connectivity index (χ0v) is 12.3. The lowest BCUT2D eigenvalue weighted by Crippen LogP contribution is -2.14. The molecule has 0 aliphatic heterocycles. The first-order chi connectivity index (χ1) is 10.7. The molecule has 0 fully saturated rings. The molecular weight excluding hydrogens is 302 g/mol. The first-order valence-corrected chi connectivity index (χ1v) is 7.52. The smallest absolute Gasteiger partial charge is 0.269 e. The summed E-state index contributed by atoms with van der Waals surface area (Å²) in [5, 5.41) is 20.0. The summed E-state index contributed by atoms with van der Waals surface area (Å²) in [4.78, 5) is 19.6. The van der Waals surface area contributed by atoms with Gasteiger partial charge in [-0.15, -0.1) is 11.3 Å². The summed E-state index contributed by atoms with van der Waals surface area (Å²) >= 11 is 1.58. The second kappa shape index (κ2) is 6.35. The number of fused-ring (bicyclic) bond motifs is 1. The molecule has 2 heterocycles. The Morgan fingerprint density at radius 1 is 1.09 bits per heavy atom. The Morgan fingerprint density at radius 2 is 1.86 bits per heavy atom. The Morgan fingerprint density at radius 3 is 2.64 bits per heavy atom. The van der Waals surface area contributed by atoms with Crippen LogP contribution in [0.1, 0.15) is 0 Å². The van der Waals surface area contributed by atoms with Gasteiger partial charge < -0.3 is 10.6 Å². The molecule has 2 N–H and O–H groups in total. The number of non-ortho nitro benzene ring substituents is 1. The number of nitro benzene ring substituents is 1. The lowest BCUT2D eigenvalue weighted by molar-refractivity contribution is -0.384. The SMILES string of the molecule is O=[N+]([O-])c1ccc(NCCNc2ncnc3sccc23)cc1. The average molecular weight is 315 g/mol. The summed E-state index contributed by atoms with van der Waals surface area (Å²) in [6, 6.07) is 8.34. The number of hydrogen-bond acceptors (Lipinski definition) is 7. The van der Waals surface area contributed by atoms with E-state index < -0.39 is 4.92 Å². The van der Waals surface area contributed by atoms with E-state index in [2.05, 4.69) is 20.6 Å². The van der Waals surface area contributed by atoms with E-state index in [4.69, 9.17) is 0 Å². The zero-order chi connectivity index (χ0) is 15.4. The first kappa shape index (κ1) is 14.2. The van der Waals surface area contributed by atoms with E-state index >= 15 is 0 Å². The lowest BCUT2D eigenvalue weighted by Gasteiger charge is -2.08. The van der Waals surface area contributed by atoms with Gasteiger partial charge in [0.15, 0.2) is 0 Å². The molecule has 2 aromatic heterocycles. The maximum atomic E-state index is 10.6. The Kier molecular flexibility index (Phi) is 4.10. The largest absolute Gasteiger partial charge is 0.383 e. The number of rotatable bonds is 6. The van der Waals surface area contributed by atoms with Crippen molar-refractivity contribution in [1.82, 2.24) is 9.97 Å². The van der Waals surface area contributed by atoms with E-state index in [1.807, 2.05) is 11.4 Å². The number of hydrogen-bond donors (Lipinski definition) is 2. The molecule has 0 radical (unpaired) electrons. The fraction of sp³-hybridized carbons (Fsp3) is 0.143. The second-order valence-electron chi connectivity index (χ2n) is 4.52. The highest BCUT2D eigenvalue weighted by molar-refractivity contribution is 7.16. The van der Waals surface area contributed by atoms with Crippen LogP contribution >= 0.6 is 11.3 Å². The summed E-state index contributed by atoms with van der Waals surface area (Å²) < 4.78 is 0. The topological polar surface area (TPSA) is 93.0 Å². The number of aromatic nitrogens is 2. The van der Waals surface area contributed by atoms with Crippen LogP contribution in [0.15, 0.2) is 42.0 Å². The van der Waals surface area contributed by atoms with Crippen molar-refractivity contribution in [3.8, 4) is 0 Å². The van der Waals surface area contributed by atoms with Crippen LogP contribution in [0.25, 0.3) is 10.2 Å². The number of nitro groups is 1. The van der Waals surface area contributed by atoms with E-state index in [9.17, 15) is 10.1 Å². The molecule has 0 saturated carbocycles. The van der Waals surface area contributed by atoms with Crippen LogP contribution in [0.5, 0.6) is 0 Å². The van der Waals surface area contributed by atoms with Crippen molar-refractivity contribution in [2.45, 2.75) is 0 Å². The van der Waals surface area contributed by atoms with E-state index in [0.717, 1.165) is 21.7 Å². The van der Waals surface area contributed by atoms with E-state index in [-0.39, 0.29) is 5.69 Å². The van der Waals surface area contributed by atoms with E-state index in [1.165, 1.54) is 12.1 Å². The molecule has 3 aromatic rings. The van der Waals surface area contributed by atoms with Crippen molar-refractivity contribution in [2.75, 3.05) is 23.7 Å². The van der Waals surface area contributed by atoms with Gasteiger partial charge in [-0.05, 0) is 23.6 Å². The van der Waals surface area contributed by atoms with Crippen LogP contribution in [0.4, 0.5) is 17.2 Å². The second-order valence-corrected chi connectivity index (χ2v) is 5.41. The number of benzene rings is 1. The Bertz CT molecular complexity index is 787. The molecule has 8 heteroatoms. The van der Waals surface area contributed by atoms with Crippen molar-refractivity contribution < 1.29 is 4.92 Å². The molecule has 0 spiro atoms. The van der Waals surface area contributed by atoms with Crippen LogP contribution in [-0.4, -0.2) is 28.0 Å². The maximum absolute atomic E-state index is 10.6. The summed E-state index contributed by atoms with van der Waals surface area (Å²) in [5.41, 5.74) is 0.931. The van der Waals surface area contributed by atoms with Gasteiger partial charge in [0.25, 0.3) is 5.69 Å². The Balaban J connectivity index is 1.53. The molecular formula is C14H13N5O2S. The molecule has 0 atom stereocenters. The molecule has 0 amide bonds. The van der Waals surface area contributed by atoms with Crippen LogP contribution < -0.4 is 10.6 Å². The summed E-state index contributed by atoms with van der Waals surface area (Å²) in [7, 11) is 0. The third-order valence-electron chi connectivity index (χ3n) is 3.09. The van der Waals surface area contributed by atoms with E-state index in [0.29, 0.717) is 13.1 Å². The number of thiophene rings is 1. The summed E-state index contributed by atoms with van der Waals surface area (Å²) in [6.07, 6.45) is 1.55. The molecule has 3 rings (SSSR count). The van der Waals surface area contributed by atoms with Crippen molar-refractivity contribution in [3.05, 3.63) is 52.2 Å². The van der Waals surface area contributed by atoms with Gasteiger partial charge in [-0.2, -0.15) is 0 Å². The van der Waals surface area contributed by atoms with Crippen molar-refractivity contribution in [2.24, 2.45) is 0 Å². The molecule has 1 aromatic carbocycles. The molecule has 0 bridgehead atoms. The normalized spacial score (nSPS) is 10.5. The third-order valence-corrected chi connectivity index (χ3v) is 3.91. The van der Waals surface area contributed by atoms with Gasteiger partial charge in [-0.25, -0.2) is 9.97 Å². The fourth-order valence-electron chi connectivity index (χ4n) is 2.02. The highest BCUT2D eigenvalue weighted by Crippen LogP contribution is 2.23. The minimum atomic E-state index is -0.410. The van der Waals surface area contributed by atoms with Gasteiger partial charge in [-0.1, -0.05) is 0 Å². The van der Waals surface area contributed by atoms with Crippen LogP contribution in [-0.2, 0) is 0 Å². The van der Waals surface area contributed by atoms with Gasteiger partial charge in [0.2, 0.25) is 0 Å². The van der Waals surface area contributed by atoms with Crippen LogP contribution in [0.3, 0.4) is 0 Å². The first-order valence-electron chi connectivity index (χ1n) is 6.64. The fourth-order valence-corrected chi connectivity index (χ4v) is 2.75. The average Bonchev–Trinajstić information content (AvgIpc) is 3.01. The van der Waals surface area contributed by atoms with Gasteiger partial charge in [0, 0.05) is 30.9 Å². The standard InChI is InChI=1S/C14H13N5O2S/c20-19(21)11-3-1-10(2-4-11)15-6-7-16-13-12-5-8-22-14(12)18-9-17-13/h1-5,8-9,15H,6-7H2,(H,16,17,18). The van der Waals surface area contributed by atoms with Gasteiger partial charge in [0.05, 0.1) is 10.3 Å². The highest BCUT2D eigenvalue weighted by Gasteiger charge is 2.05. The van der Waals surface area contributed by atoms with E-state index in [1.54, 1.807) is 29.8 Å². The minimum Gasteiger partial charge on any atom is -0.383 e. The highest BCUT2D eigenvalue weighted by atomic mass is 32.1. The van der Waals surface area contributed by atoms with Crippen molar-refractivity contribution in [1.29, 1.82) is 0 Å². The predicted molar refractivity (Wildman–Crippen MR) is 87.5 cm³/mol. The number of nitrogens with one attached hydrogen (secondary N) is 2. The molecule has 22 heavy (non-hydrogen) atoms. The molecule has 0 aliphatic carbocycles. The molecule has 7 nitrogen and oxygen atoms in total. The molecule has 0 unspecified atom stereocenters. The minimum absolute atomic E-state index is 0.0875. The van der Waals surface area contributed by atoms with Crippen molar-refractivity contribution in [3.63, 3.8) is 0 Å². The zero-order valence-electron chi connectivity index (χ0n) is 11.5. The van der Waals surface area contributed by atoms with Crippen molar-refractivity contribution >= 4 is 38.7 Å².